The van der Waals surface area contributed by atoms with Gasteiger partial charge in [0.2, 0.25) is 0 Å². The second-order valence-electron chi connectivity index (χ2n) is 7.55. The monoisotopic (exact) mass is 484 g/mol. The second kappa shape index (κ2) is 7.95. The molecular weight excluding hydrogens is 471 g/mol. The van der Waals surface area contributed by atoms with Crippen LogP contribution in [0.25, 0.3) is 11.3 Å². The molecule has 0 saturated heterocycles. The number of H-pyrrole nitrogens is 1. The number of halogens is 6. The van der Waals surface area contributed by atoms with Crippen molar-refractivity contribution in [2.24, 2.45) is 5.92 Å². The van der Waals surface area contributed by atoms with E-state index in [4.69, 9.17) is 16.7 Å². The Balaban J connectivity index is 1.79. The Morgan fingerprint density at radius 1 is 1.12 bits per heavy atom. The number of aryl methyl sites for hydroxylation is 1. The van der Waals surface area contributed by atoms with Crippen molar-refractivity contribution in [2.45, 2.75) is 24.9 Å². The highest BCUT2D eigenvalue weighted by molar-refractivity contribution is 6.34. The minimum absolute atomic E-state index is 0.0483. The van der Waals surface area contributed by atoms with Gasteiger partial charge in [-0.2, -0.15) is 18.3 Å². The fourth-order valence-corrected chi connectivity index (χ4v) is 4.29. The molecule has 0 spiro atoms. The number of hydrogen-bond acceptors (Lipinski definition) is 3. The average molecular weight is 485 g/mol. The number of aromatic amines is 1. The molecule has 4 rings (SSSR count). The summed E-state index contributed by atoms with van der Waals surface area (Å²) in [5.41, 5.74) is -3.03. The van der Waals surface area contributed by atoms with Crippen LogP contribution in [0.3, 0.4) is 0 Å². The number of ketones is 1. The molecule has 1 aromatic heterocycles. The lowest BCUT2D eigenvalue weighted by atomic mass is 9.77. The van der Waals surface area contributed by atoms with Crippen molar-refractivity contribution in [3.8, 4) is 11.3 Å². The van der Waals surface area contributed by atoms with Gasteiger partial charge in [-0.05, 0) is 37.1 Å². The number of benzene rings is 2. The lowest BCUT2D eigenvalue weighted by molar-refractivity contribution is -0.138. The summed E-state index contributed by atoms with van der Waals surface area (Å²) in [6.45, 7) is 0. The van der Waals surface area contributed by atoms with Crippen molar-refractivity contribution in [1.82, 2.24) is 10.2 Å². The third-order valence-electron chi connectivity index (χ3n) is 5.58. The predicted octanol–water partition coefficient (Wildman–Crippen LogP) is 5.98. The fourth-order valence-electron chi connectivity index (χ4n) is 4.02. The lowest BCUT2D eigenvalue weighted by Gasteiger charge is -2.31. The number of nitrogens with one attached hydrogen (secondary N) is 1. The summed E-state index contributed by atoms with van der Waals surface area (Å²) in [5.74, 6) is -8.57. The Hall–Kier alpha value is -3.27. The van der Waals surface area contributed by atoms with Crippen molar-refractivity contribution in [1.29, 1.82) is 0 Å². The van der Waals surface area contributed by atoms with Crippen molar-refractivity contribution in [2.75, 3.05) is 0 Å². The van der Waals surface area contributed by atoms with Crippen LogP contribution in [0.2, 0.25) is 5.02 Å². The normalized spacial score (nSPS) is 17.5. The van der Waals surface area contributed by atoms with E-state index in [1.54, 1.807) is 0 Å². The number of hydrogen-bond donors (Lipinski definition) is 2. The highest BCUT2D eigenvalue weighted by Gasteiger charge is 2.53. The molecule has 3 aromatic rings. The summed E-state index contributed by atoms with van der Waals surface area (Å²) in [7, 11) is 0. The van der Waals surface area contributed by atoms with Gasteiger partial charge in [0.25, 0.3) is 5.92 Å². The molecule has 2 N–H and O–H groups in total. The van der Waals surface area contributed by atoms with E-state index in [0.717, 1.165) is 12.1 Å². The van der Waals surface area contributed by atoms with Crippen LogP contribution in [0.4, 0.5) is 22.0 Å². The van der Waals surface area contributed by atoms with E-state index < -0.39 is 57.9 Å². The van der Waals surface area contributed by atoms with E-state index in [0.29, 0.717) is 6.07 Å². The zero-order valence-electron chi connectivity index (χ0n) is 16.5. The van der Waals surface area contributed by atoms with Gasteiger partial charge in [0.1, 0.15) is 5.69 Å². The van der Waals surface area contributed by atoms with Crippen LogP contribution in [-0.2, 0) is 18.5 Å². The minimum Gasteiger partial charge on any atom is -0.478 e. The molecule has 1 atom stereocenters. The minimum atomic E-state index is -4.96. The van der Waals surface area contributed by atoms with Gasteiger partial charge in [-0.3, -0.25) is 9.89 Å². The first kappa shape index (κ1) is 22.9. The number of rotatable bonds is 4. The summed E-state index contributed by atoms with van der Waals surface area (Å²) in [6.07, 6.45) is -5.42. The topological polar surface area (TPSA) is 83.0 Å². The van der Waals surface area contributed by atoms with Crippen molar-refractivity contribution in [3.63, 3.8) is 0 Å². The summed E-state index contributed by atoms with van der Waals surface area (Å²) in [6, 6.07) is 7.66. The van der Waals surface area contributed by atoms with Crippen LogP contribution >= 0.6 is 11.6 Å². The Bertz CT molecular complexity index is 1250. The molecule has 0 bridgehead atoms. The maximum absolute atomic E-state index is 15.6. The van der Waals surface area contributed by atoms with Gasteiger partial charge in [-0.1, -0.05) is 29.8 Å². The van der Waals surface area contributed by atoms with Gasteiger partial charge in [-0.15, -0.1) is 0 Å². The Morgan fingerprint density at radius 2 is 1.79 bits per heavy atom. The summed E-state index contributed by atoms with van der Waals surface area (Å²) < 4.78 is 71.7. The largest absolute Gasteiger partial charge is 0.478 e. The molecule has 0 saturated carbocycles. The molecule has 1 aliphatic rings. The zero-order chi connectivity index (χ0) is 24.1. The van der Waals surface area contributed by atoms with Crippen LogP contribution in [0, 0.1) is 5.92 Å². The quantitative estimate of drug-likeness (QED) is 0.352. The number of nitrogens with zero attached hydrogens (tertiary/aromatic N) is 1. The Kier molecular flexibility index (Phi) is 5.52. The number of carboxylic acid groups (broad SMARTS) is 1. The highest BCUT2D eigenvalue weighted by atomic mass is 35.5. The van der Waals surface area contributed by atoms with Crippen molar-refractivity contribution in [3.05, 3.63) is 75.4 Å². The molecule has 0 radical (unpaired) electrons. The van der Waals surface area contributed by atoms with Gasteiger partial charge in [-0.25, -0.2) is 13.6 Å². The number of Topliss-reactive ketones (excluding diaryl/α,β-unsaturated/α-hetero) is 1. The number of aromatic carboxylic acids is 1. The first-order chi connectivity index (χ1) is 15.4. The van der Waals surface area contributed by atoms with Gasteiger partial charge in [0.05, 0.1) is 27.6 Å². The number of carbonyl (C=O) groups excluding carboxylic acids is 1. The molecular formula is C22H14ClF5N2O3. The Morgan fingerprint density at radius 3 is 2.39 bits per heavy atom. The predicted molar refractivity (Wildman–Crippen MR) is 107 cm³/mol. The molecule has 2 aromatic carbocycles. The van der Waals surface area contributed by atoms with Gasteiger partial charge in [0, 0.05) is 16.8 Å². The van der Waals surface area contributed by atoms with E-state index in [9.17, 15) is 22.8 Å². The van der Waals surface area contributed by atoms with Crippen LogP contribution in [0.1, 0.15) is 44.0 Å². The number of carboxylic acids is 1. The standard InChI is InChI=1S/C22H14ClF5N2O3/c23-14-3-1-2-12(22(26,27)28)16(14)19(31)13-8-9-15-17(21(13,24)25)18(30-29-15)10-4-6-11(7-5-10)20(32)33/h1-7,13H,8-9H2,(H,29,30)(H,32,33). The fraction of sp³-hybridized carbons (Fsp3) is 0.227. The molecule has 0 amide bonds. The number of carbonyl (C=O) groups is 2. The van der Waals surface area contributed by atoms with Gasteiger partial charge < -0.3 is 5.11 Å². The third kappa shape index (κ3) is 3.88. The van der Waals surface area contributed by atoms with Crippen LogP contribution < -0.4 is 0 Å². The molecule has 11 heteroatoms. The van der Waals surface area contributed by atoms with Crippen molar-refractivity contribution >= 4 is 23.4 Å². The van der Waals surface area contributed by atoms with Crippen LogP contribution in [0.5, 0.6) is 0 Å². The molecule has 33 heavy (non-hydrogen) atoms. The smallest absolute Gasteiger partial charge is 0.417 e. The first-order valence-electron chi connectivity index (χ1n) is 9.62. The summed E-state index contributed by atoms with van der Waals surface area (Å²) >= 11 is 5.86. The maximum Gasteiger partial charge on any atom is 0.417 e. The van der Waals surface area contributed by atoms with E-state index >= 15 is 8.78 Å². The van der Waals surface area contributed by atoms with E-state index in [1.807, 2.05) is 0 Å². The third-order valence-corrected chi connectivity index (χ3v) is 5.90. The number of fused-ring (bicyclic) bond motifs is 1. The van der Waals surface area contributed by atoms with E-state index in [1.165, 1.54) is 24.3 Å². The first-order valence-corrected chi connectivity index (χ1v) is 10.00. The Labute approximate surface area is 188 Å². The molecule has 1 unspecified atom stereocenters. The molecule has 1 heterocycles. The van der Waals surface area contributed by atoms with Crippen molar-refractivity contribution < 1.29 is 36.6 Å². The lowest BCUT2D eigenvalue weighted by Crippen LogP contribution is -2.38. The van der Waals surface area contributed by atoms with E-state index in [2.05, 4.69) is 10.2 Å². The van der Waals surface area contributed by atoms with Crippen LogP contribution in [0.15, 0.2) is 42.5 Å². The summed E-state index contributed by atoms with van der Waals surface area (Å²) in [4.78, 5) is 24.1. The average Bonchev–Trinajstić information content (AvgIpc) is 3.18. The molecule has 5 nitrogen and oxygen atoms in total. The van der Waals surface area contributed by atoms with Crippen LogP contribution in [-0.4, -0.2) is 27.1 Å². The SMILES string of the molecule is O=C(O)c1ccc(-c2n[nH]c3c2C(F)(F)C(C(=O)c2c(Cl)cccc2C(F)(F)F)CC3)cc1. The number of aromatic nitrogens is 2. The molecule has 0 fully saturated rings. The van der Waals surface area contributed by atoms with Gasteiger partial charge >= 0.3 is 12.1 Å². The molecule has 1 aliphatic carbocycles. The molecule has 0 aliphatic heterocycles. The maximum atomic E-state index is 15.6. The second-order valence-corrected chi connectivity index (χ2v) is 7.95. The zero-order valence-corrected chi connectivity index (χ0v) is 17.3. The van der Waals surface area contributed by atoms with Gasteiger partial charge in [0.15, 0.2) is 5.78 Å². The summed E-state index contributed by atoms with van der Waals surface area (Å²) in [5, 5.41) is 14.9. The number of alkyl halides is 5. The highest BCUT2D eigenvalue weighted by Crippen LogP contribution is 2.50. The van der Waals surface area contributed by atoms with E-state index in [-0.39, 0.29) is 28.9 Å². The molecule has 172 valence electrons.